The third-order valence-electron chi connectivity index (χ3n) is 10.9. The molecule has 2 aromatic rings. The van der Waals surface area contributed by atoms with Crippen LogP contribution in [0.2, 0.25) is 0 Å². The van der Waals surface area contributed by atoms with E-state index in [2.05, 4.69) is 82.3 Å². The third kappa shape index (κ3) is 10.6. The molecule has 0 unspecified atom stereocenters. The Kier molecular flexibility index (Phi) is 15.8. The van der Waals surface area contributed by atoms with Crippen molar-refractivity contribution >= 4 is 38.7 Å². The maximum absolute atomic E-state index is 4.85. The van der Waals surface area contributed by atoms with Gasteiger partial charge in [0.05, 0.1) is 17.0 Å². The first-order valence-electron chi connectivity index (χ1n) is 18.0. The number of nitrogens with zero attached hydrogens (tertiary/aromatic N) is 2. The summed E-state index contributed by atoms with van der Waals surface area (Å²) in [4.78, 5) is 4.81. The molecule has 45 heavy (non-hydrogen) atoms. The van der Waals surface area contributed by atoms with Crippen LogP contribution in [-0.4, -0.2) is 30.1 Å². The number of halogens is 2. The molecule has 4 fully saturated rings. The molecule has 0 N–H and O–H groups in total. The second-order valence-corrected chi connectivity index (χ2v) is 20.6. The van der Waals surface area contributed by atoms with Crippen LogP contribution in [0, 0.1) is 48.2 Å². The topological polar surface area (TPSA) is 6.48 Å². The van der Waals surface area contributed by atoms with Gasteiger partial charge in [-0.05, 0) is 141 Å². The van der Waals surface area contributed by atoms with E-state index in [1.807, 2.05) is 0 Å². The van der Waals surface area contributed by atoms with Gasteiger partial charge in [0.25, 0.3) is 0 Å². The normalized spacial score (nSPS) is 20.2. The Balaban J connectivity index is 0.000000191. The average Bonchev–Trinajstić information content (AvgIpc) is 3.47. The van der Waals surface area contributed by atoms with Crippen LogP contribution in [0.25, 0.3) is 0 Å². The van der Waals surface area contributed by atoms with Crippen LogP contribution in [0.4, 0.5) is 11.4 Å². The van der Waals surface area contributed by atoms with Gasteiger partial charge in [-0.2, -0.15) is 6.67 Å². The summed E-state index contributed by atoms with van der Waals surface area (Å²) in [7, 11) is 9.66. The Bertz CT molecular complexity index is 1040. The molecule has 0 radical (unpaired) electrons. The summed E-state index contributed by atoms with van der Waals surface area (Å²) >= 11 is -0.346. The fourth-order valence-corrected chi connectivity index (χ4v) is 14.6. The van der Waals surface area contributed by atoms with E-state index in [-0.39, 0.29) is 23.1 Å². The van der Waals surface area contributed by atoms with Crippen molar-refractivity contribution < 1.29 is 15.1 Å². The van der Waals surface area contributed by atoms with E-state index in [4.69, 9.17) is 19.4 Å². The standard InChI is InChI=1S/C21H27N2.C18H33P.2ClH.Ru/c1-14-9-16(3)20(17(4)10-14)22-7-8-23(13-22)21-18(5)11-15(2)12-19(21)6;1-4-10-16(11-5-1)19(17-12-6-2-7-13-17)18-14-8-3-9-15-18;;;/h9-13H,7-8H2,1-6H3;16-18H,1-15H2;2*1H;/q-1;;;;+2/p-1. The molecule has 1 heterocycles. The minimum absolute atomic E-state index is 0.0465. The fourth-order valence-electron chi connectivity index (χ4n) is 9.40. The van der Waals surface area contributed by atoms with Gasteiger partial charge >= 0.3 is 34.5 Å². The molecule has 0 atom stereocenters. The van der Waals surface area contributed by atoms with E-state index >= 15 is 0 Å². The molecule has 0 amide bonds. The van der Waals surface area contributed by atoms with Gasteiger partial charge in [-0.3, -0.25) is 0 Å². The summed E-state index contributed by atoms with van der Waals surface area (Å²) in [6.07, 6.45) is 23.8. The molecule has 1 saturated heterocycles. The molecule has 4 aliphatic rings. The van der Waals surface area contributed by atoms with E-state index in [9.17, 15) is 0 Å². The molecule has 0 spiro atoms. The van der Waals surface area contributed by atoms with Crippen molar-refractivity contribution in [1.82, 2.24) is 0 Å². The zero-order valence-corrected chi connectivity index (χ0v) is 33.4. The van der Waals surface area contributed by atoms with Crippen LogP contribution < -0.4 is 9.80 Å². The number of anilines is 2. The van der Waals surface area contributed by atoms with Crippen molar-refractivity contribution in [3.63, 3.8) is 0 Å². The maximum atomic E-state index is 4.85. The van der Waals surface area contributed by atoms with Crippen molar-refractivity contribution in [2.75, 3.05) is 22.9 Å². The Labute approximate surface area is 294 Å². The predicted molar refractivity (Wildman–Crippen MR) is 201 cm³/mol. The quantitative estimate of drug-likeness (QED) is 0.170. The monoisotopic (exact) mass is 760 g/mol. The van der Waals surface area contributed by atoms with Gasteiger partial charge in [0, 0.05) is 32.4 Å². The summed E-state index contributed by atoms with van der Waals surface area (Å²) in [6, 6.07) is 9.12. The second-order valence-electron chi connectivity index (χ2n) is 14.6. The third-order valence-corrected chi connectivity index (χ3v) is 15.5. The molecule has 6 rings (SSSR count). The molecule has 1 aliphatic heterocycles. The molecule has 0 aromatic heterocycles. The Hall–Kier alpha value is -0.327. The summed E-state index contributed by atoms with van der Waals surface area (Å²) in [5.41, 5.74) is 14.5. The van der Waals surface area contributed by atoms with Crippen LogP contribution >= 0.6 is 27.3 Å². The zero-order chi connectivity index (χ0) is 32.3. The predicted octanol–water partition coefficient (Wildman–Crippen LogP) is 12.6. The van der Waals surface area contributed by atoms with E-state index in [0.29, 0.717) is 0 Å². The van der Waals surface area contributed by atoms with Crippen LogP contribution in [0.5, 0.6) is 0 Å². The first-order chi connectivity index (χ1) is 21.7. The summed E-state index contributed by atoms with van der Waals surface area (Å²) in [6.45, 7) is 17.6. The number of benzene rings is 2. The molecule has 2 aromatic carbocycles. The Morgan fingerprint density at radius 3 is 1.07 bits per heavy atom. The number of hydrogen-bond acceptors (Lipinski definition) is 2. The van der Waals surface area contributed by atoms with Crippen molar-refractivity contribution in [3.8, 4) is 0 Å². The van der Waals surface area contributed by atoms with E-state index < -0.39 is 0 Å². The average molecular weight is 761 g/mol. The molecule has 2 nitrogen and oxygen atoms in total. The molecular weight excluding hydrogens is 699 g/mol. The van der Waals surface area contributed by atoms with Crippen molar-refractivity contribution in [2.24, 2.45) is 0 Å². The van der Waals surface area contributed by atoms with Gasteiger partial charge < -0.3 is 9.80 Å². The van der Waals surface area contributed by atoms with Crippen LogP contribution in [-0.2, 0) is 15.1 Å². The number of aryl methyl sites for hydroxylation is 6. The first-order valence-corrected chi connectivity index (χ1v) is 24.2. The van der Waals surface area contributed by atoms with Crippen LogP contribution in [0.15, 0.2) is 24.3 Å². The molecule has 6 heteroatoms. The summed E-state index contributed by atoms with van der Waals surface area (Å²) in [5, 5.41) is 0. The Morgan fingerprint density at radius 1 is 0.533 bits per heavy atom. The first kappa shape index (κ1) is 37.5. The van der Waals surface area contributed by atoms with E-state index in [1.165, 1.54) is 61.7 Å². The minimum atomic E-state index is -0.346. The summed E-state index contributed by atoms with van der Waals surface area (Å²) < 4.78 is 0. The SMILES string of the molecule is C1CCC([PH+](C2CCCCC2)C2CCCCC2)CC1.Cc1cc(C)c(N2[CH-]N(c3c(C)cc(C)cc3C)CC2)c(C)c1.[Cl][Ru][Cl]. The van der Waals surface area contributed by atoms with Crippen molar-refractivity contribution in [1.29, 1.82) is 0 Å². The molecular formula is C39H61Cl2N2PRu. The Morgan fingerprint density at radius 2 is 0.800 bits per heavy atom. The van der Waals surface area contributed by atoms with Gasteiger partial charge in [-0.15, -0.1) is 0 Å². The van der Waals surface area contributed by atoms with Gasteiger partial charge in [0.2, 0.25) is 0 Å². The molecule has 254 valence electrons. The summed E-state index contributed by atoms with van der Waals surface area (Å²) in [5.74, 6) is 0. The second kappa shape index (κ2) is 19.0. The molecule has 3 saturated carbocycles. The van der Waals surface area contributed by atoms with E-state index in [0.717, 1.165) is 13.1 Å². The van der Waals surface area contributed by atoms with Gasteiger partial charge in [0.1, 0.15) is 0 Å². The van der Waals surface area contributed by atoms with E-state index in [1.54, 1.807) is 96.3 Å². The number of rotatable bonds is 5. The van der Waals surface area contributed by atoms with Gasteiger partial charge in [-0.25, -0.2) is 0 Å². The molecule has 0 bridgehead atoms. The number of hydrogen-bond donors (Lipinski definition) is 0. The van der Waals surface area contributed by atoms with Crippen molar-refractivity contribution in [3.05, 3.63) is 64.3 Å². The van der Waals surface area contributed by atoms with Crippen LogP contribution in [0.1, 0.15) is 130 Å². The van der Waals surface area contributed by atoms with Crippen molar-refractivity contribution in [2.45, 2.75) is 155 Å². The zero-order valence-electron chi connectivity index (χ0n) is 29.1. The van der Waals surface area contributed by atoms with Gasteiger partial charge in [0.15, 0.2) is 0 Å². The van der Waals surface area contributed by atoms with Gasteiger partial charge in [-0.1, -0.05) is 54.7 Å². The fraction of sp³-hybridized carbons (Fsp3) is 0.667. The van der Waals surface area contributed by atoms with Crippen LogP contribution in [0.3, 0.4) is 0 Å². The molecule has 3 aliphatic carbocycles.